The fourth-order valence-electron chi connectivity index (χ4n) is 2.17. The zero-order valence-corrected chi connectivity index (χ0v) is 12.7. The fraction of sp³-hybridized carbons (Fsp3) is 0.333. The largest absolute Gasteiger partial charge is 0.330 e. The van der Waals surface area contributed by atoms with Gasteiger partial charge in [0.1, 0.15) is 0 Å². The minimum Gasteiger partial charge on any atom is -0.330 e. The smallest absolute Gasteiger partial charge is 0.254 e. The second kappa shape index (κ2) is 5.54. The lowest BCUT2D eigenvalue weighted by Crippen LogP contribution is -2.32. The van der Waals surface area contributed by atoms with Crippen LogP contribution in [0.1, 0.15) is 33.9 Å². The van der Waals surface area contributed by atoms with Gasteiger partial charge in [-0.15, -0.1) is 11.3 Å². The minimum absolute atomic E-state index is 0.0646. The third-order valence-corrected chi connectivity index (χ3v) is 4.41. The molecule has 0 bridgehead atoms. The van der Waals surface area contributed by atoms with E-state index in [9.17, 15) is 4.79 Å². The molecule has 1 aromatic heterocycles. The number of amides is 1. The Bertz CT molecular complexity index is 619. The third-order valence-electron chi connectivity index (χ3n) is 3.34. The molecule has 0 unspecified atom stereocenters. The minimum atomic E-state index is 0.0646. The summed E-state index contributed by atoms with van der Waals surface area (Å²) in [4.78, 5) is 19.0. The second-order valence-electron chi connectivity index (χ2n) is 5.03. The summed E-state index contributed by atoms with van der Waals surface area (Å²) in [6.07, 6.45) is 2.17. The molecule has 0 N–H and O–H groups in total. The van der Waals surface area contributed by atoms with E-state index in [1.54, 1.807) is 35.6 Å². The molecule has 104 valence electrons. The molecular weight excluding hydrogens is 292 g/mol. The van der Waals surface area contributed by atoms with Gasteiger partial charge >= 0.3 is 0 Å². The molecule has 3 nitrogen and oxygen atoms in total. The van der Waals surface area contributed by atoms with E-state index in [1.165, 1.54) is 0 Å². The first-order valence-electron chi connectivity index (χ1n) is 6.61. The van der Waals surface area contributed by atoms with Crippen LogP contribution in [0.4, 0.5) is 0 Å². The summed E-state index contributed by atoms with van der Waals surface area (Å²) in [5.74, 6) is 0.0646. The topological polar surface area (TPSA) is 33.2 Å². The van der Waals surface area contributed by atoms with Gasteiger partial charge in [-0.1, -0.05) is 11.6 Å². The van der Waals surface area contributed by atoms with Crippen molar-refractivity contribution >= 4 is 28.8 Å². The van der Waals surface area contributed by atoms with Gasteiger partial charge in [0.15, 0.2) is 0 Å². The lowest BCUT2D eigenvalue weighted by molar-refractivity contribution is 0.0728. The van der Waals surface area contributed by atoms with E-state index < -0.39 is 0 Å². The Balaban J connectivity index is 1.79. The summed E-state index contributed by atoms with van der Waals surface area (Å²) in [5, 5.41) is 3.71. The number of aromatic nitrogens is 1. The quantitative estimate of drug-likeness (QED) is 0.858. The van der Waals surface area contributed by atoms with Crippen molar-refractivity contribution in [2.24, 2.45) is 0 Å². The van der Waals surface area contributed by atoms with Gasteiger partial charge in [-0.3, -0.25) is 4.79 Å². The SMILES string of the molecule is Cc1nc(CN(C(=O)c2ccc(Cl)cc2)C2CC2)cs1. The number of carbonyl (C=O) groups excluding carboxylic acids is 1. The van der Waals surface area contributed by atoms with Crippen molar-refractivity contribution < 1.29 is 4.79 Å². The highest BCUT2D eigenvalue weighted by atomic mass is 35.5. The van der Waals surface area contributed by atoms with Crippen molar-refractivity contribution in [3.05, 3.63) is 50.9 Å². The number of benzene rings is 1. The van der Waals surface area contributed by atoms with Crippen LogP contribution in [0.5, 0.6) is 0 Å². The molecule has 20 heavy (non-hydrogen) atoms. The predicted molar refractivity (Wildman–Crippen MR) is 81.2 cm³/mol. The van der Waals surface area contributed by atoms with E-state index in [0.717, 1.165) is 23.5 Å². The maximum absolute atomic E-state index is 12.6. The highest BCUT2D eigenvalue weighted by Crippen LogP contribution is 2.30. The van der Waals surface area contributed by atoms with E-state index in [-0.39, 0.29) is 5.91 Å². The standard InChI is InChI=1S/C15H15ClN2OS/c1-10-17-13(9-20-10)8-18(14-6-7-14)15(19)11-2-4-12(16)5-3-11/h2-5,9,14H,6-8H2,1H3. The highest BCUT2D eigenvalue weighted by molar-refractivity contribution is 7.09. The van der Waals surface area contributed by atoms with Crippen LogP contribution in [-0.4, -0.2) is 21.8 Å². The molecule has 1 aromatic carbocycles. The summed E-state index contributed by atoms with van der Waals surface area (Å²) >= 11 is 7.49. The van der Waals surface area contributed by atoms with Gasteiger partial charge < -0.3 is 4.90 Å². The van der Waals surface area contributed by atoms with Crippen molar-refractivity contribution in [3.8, 4) is 0 Å². The van der Waals surface area contributed by atoms with Crippen molar-refractivity contribution in [1.82, 2.24) is 9.88 Å². The molecule has 1 amide bonds. The Labute approximate surface area is 127 Å². The second-order valence-corrected chi connectivity index (χ2v) is 6.53. The van der Waals surface area contributed by atoms with Crippen LogP contribution in [0.3, 0.4) is 0 Å². The number of rotatable bonds is 4. The monoisotopic (exact) mass is 306 g/mol. The molecular formula is C15H15ClN2OS. The van der Waals surface area contributed by atoms with Gasteiger partial charge in [0.05, 0.1) is 17.2 Å². The average molecular weight is 307 g/mol. The molecule has 5 heteroatoms. The van der Waals surface area contributed by atoms with Crippen molar-refractivity contribution in [3.63, 3.8) is 0 Å². The first-order valence-corrected chi connectivity index (χ1v) is 7.87. The zero-order chi connectivity index (χ0) is 14.1. The number of carbonyl (C=O) groups is 1. The summed E-state index contributed by atoms with van der Waals surface area (Å²) in [5.41, 5.74) is 1.66. The van der Waals surface area contributed by atoms with E-state index >= 15 is 0 Å². The predicted octanol–water partition coefficient (Wildman–Crippen LogP) is 3.91. The van der Waals surface area contributed by atoms with E-state index in [0.29, 0.717) is 23.2 Å². The maximum Gasteiger partial charge on any atom is 0.254 e. The first-order chi connectivity index (χ1) is 9.63. The number of halogens is 1. The number of hydrogen-bond acceptors (Lipinski definition) is 3. The molecule has 0 saturated heterocycles. The van der Waals surface area contributed by atoms with Crippen LogP contribution in [0.15, 0.2) is 29.6 Å². The number of aryl methyl sites for hydroxylation is 1. The van der Waals surface area contributed by atoms with Gasteiger partial charge in [0, 0.05) is 22.0 Å². The lowest BCUT2D eigenvalue weighted by Gasteiger charge is -2.21. The van der Waals surface area contributed by atoms with Crippen LogP contribution in [0.2, 0.25) is 5.02 Å². The van der Waals surface area contributed by atoms with Gasteiger partial charge in [-0.25, -0.2) is 4.98 Å². The molecule has 1 fully saturated rings. The Hall–Kier alpha value is -1.39. The normalized spacial score (nSPS) is 14.3. The molecule has 1 aliphatic carbocycles. The van der Waals surface area contributed by atoms with Crippen molar-refractivity contribution in [2.75, 3.05) is 0 Å². The molecule has 1 heterocycles. The van der Waals surface area contributed by atoms with Gasteiger partial charge in [0.25, 0.3) is 5.91 Å². The van der Waals surface area contributed by atoms with Crippen LogP contribution >= 0.6 is 22.9 Å². The summed E-state index contributed by atoms with van der Waals surface area (Å²) < 4.78 is 0. The van der Waals surface area contributed by atoms with Crippen molar-refractivity contribution in [2.45, 2.75) is 32.4 Å². The summed E-state index contributed by atoms with van der Waals surface area (Å²) in [6, 6.07) is 7.44. The van der Waals surface area contributed by atoms with E-state index in [4.69, 9.17) is 11.6 Å². The Kier molecular flexibility index (Phi) is 3.76. The molecule has 0 spiro atoms. The van der Waals surface area contributed by atoms with E-state index in [2.05, 4.69) is 4.98 Å². The maximum atomic E-state index is 12.6. The molecule has 2 aromatic rings. The number of nitrogens with zero attached hydrogens (tertiary/aromatic N) is 2. The Morgan fingerprint density at radius 1 is 1.40 bits per heavy atom. The van der Waals surface area contributed by atoms with Gasteiger partial charge in [-0.05, 0) is 44.0 Å². The Morgan fingerprint density at radius 3 is 2.65 bits per heavy atom. The van der Waals surface area contributed by atoms with Crippen molar-refractivity contribution in [1.29, 1.82) is 0 Å². The Morgan fingerprint density at radius 2 is 2.10 bits per heavy atom. The fourth-order valence-corrected chi connectivity index (χ4v) is 2.90. The van der Waals surface area contributed by atoms with Crippen LogP contribution < -0.4 is 0 Å². The third kappa shape index (κ3) is 3.02. The average Bonchev–Trinajstić information content (AvgIpc) is 3.19. The molecule has 3 rings (SSSR count). The first kappa shape index (κ1) is 13.6. The highest BCUT2D eigenvalue weighted by Gasteiger charge is 2.33. The molecule has 0 aliphatic heterocycles. The summed E-state index contributed by atoms with van der Waals surface area (Å²) in [6.45, 7) is 2.58. The summed E-state index contributed by atoms with van der Waals surface area (Å²) in [7, 11) is 0. The molecule has 0 radical (unpaired) electrons. The molecule has 0 atom stereocenters. The molecule has 1 aliphatic rings. The van der Waals surface area contributed by atoms with Crippen LogP contribution in [-0.2, 0) is 6.54 Å². The number of hydrogen-bond donors (Lipinski definition) is 0. The number of thiazole rings is 1. The van der Waals surface area contributed by atoms with Crippen LogP contribution in [0.25, 0.3) is 0 Å². The molecule has 1 saturated carbocycles. The zero-order valence-electron chi connectivity index (χ0n) is 11.2. The van der Waals surface area contributed by atoms with Gasteiger partial charge in [0.2, 0.25) is 0 Å². The van der Waals surface area contributed by atoms with E-state index in [1.807, 2.05) is 17.2 Å². The van der Waals surface area contributed by atoms with Gasteiger partial charge in [-0.2, -0.15) is 0 Å². The van der Waals surface area contributed by atoms with Crippen LogP contribution in [0, 0.1) is 6.92 Å². The lowest BCUT2D eigenvalue weighted by atomic mass is 10.2.